The fourth-order valence-corrected chi connectivity index (χ4v) is 1.89. The monoisotopic (exact) mass is 257 g/mol. The van der Waals surface area contributed by atoms with Gasteiger partial charge in [0.1, 0.15) is 0 Å². The maximum atomic E-state index is 5.92. The molecule has 0 saturated carbocycles. The predicted molar refractivity (Wildman–Crippen MR) is 69.3 cm³/mol. The van der Waals surface area contributed by atoms with Crippen LogP contribution in [0.2, 0.25) is 0 Å². The highest BCUT2D eigenvalue weighted by Crippen LogP contribution is 2.10. The van der Waals surface area contributed by atoms with Crippen molar-refractivity contribution in [2.75, 3.05) is 0 Å². The highest BCUT2D eigenvalue weighted by molar-refractivity contribution is 5.29. The number of hydrogen-bond donors (Lipinski definition) is 1. The molecular weight excluding hydrogens is 242 g/mol. The van der Waals surface area contributed by atoms with Crippen LogP contribution in [0.1, 0.15) is 30.8 Å². The molecule has 98 valence electrons. The first-order valence-electron chi connectivity index (χ1n) is 6.20. The van der Waals surface area contributed by atoms with E-state index >= 15 is 0 Å². The van der Waals surface area contributed by atoms with Gasteiger partial charge in [-0.3, -0.25) is 4.40 Å². The molecule has 1 unspecified atom stereocenters. The average Bonchev–Trinajstić information content (AvgIpc) is 3.04. The summed E-state index contributed by atoms with van der Waals surface area (Å²) >= 11 is 0. The Bertz CT molecular complexity index is 651. The predicted octanol–water partition coefficient (Wildman–Crippen LogP) is 0.779. The molecule has 0 aliphatic carbocycles. The van der Waals surface area contributed by atoms with Crippen molar-refractivity contribution in [1.29, 1.82) is 0 Å². The number of nitrogens with two attached hydrogens (primary N) is 1. The van der Waals surface area contributed by atoms with Gasteiger partial charge < -0.3 is 5.73 Å². The summed E-state index contributed by atoms with van der Waals surface area (Å²) in [6, 6.07) is 1.81. The molecule has 3 rings (SSSR count). The maximum Gasteiger partial charge on any atom is 0.233 e. The fourth-order valence-electron chi connectivity index (χ4n) is 1.89. The number of hydrogen-bond acceptors (Lipinski definition) is 5. The summed E-state index contributed by atoms with van der Waals surface area (Å²) in [5.41, 5.74) is 7.62. The summed E-state index contributed by atoms with van der Waals surface area (Å²) in [4.78, 5) is 8.59. The summed E-state index contributed by atoms with van der Waals surface area (Å²) in [6.07, 6.45) is 8.28. The molecule has 0 saturated heterocycles. The number of aromatic nitrogens is 6. The van der Waals surface area contributed by atoms with Gasteiger partial charge in [0.2, 0.25) is 5.78 Å². The summed E-state index contributed by atoms with van der Waals surface area (Å²) in [5.74, 6) is 0.683. The number of rotatable bonds is 4. The van der Waals surface area contributed by atoms with E-state index in [0.29, 0.717) is 12.3 Å². The van der Waals surface area contributed by atoms with Crippen LogP contribution in [0, 0.1) is 0 Å². The molecule has 0 aliphatic rings. The van der Waals surface area contributed by atoms with Crippen LogP contribution < -0.4 is 5.73 Å². The number of imidazole rings is 1. The Balaban J connectivity index is 1.82. The Morgan fingerprint density at radius 3 is 3.05 bits per heavy atom. The van der Waals surface area contributed by atoms with E-state index < -0.39 is 0 Å². The van der Waals surface area contributed by atoms with Crippen LogP contribution in [-0.2, 0) is 6.54 Å². The van der Waals surface area contributed by atoms with E-state index in [1.54, 1.807) is 10.9 Å². The van der Waals surface area contributed by atoms with Crippen molar-refractivity contribution in [3.63, 3.8) is 0 Å². The van der Waals surface area contributed by atoms with Crippen molar-refractivity contribution in [1.82, 2.24) is 29.4 Å². The molecule has 7 nitrogen and oxygen atoms in total. The zero-order chi connectivity index (χ0) is 13.2. The van der Waals surface area contributed by atoms with E-state index in [1.807, 2.05) is 36.0 Å². The first-order chi connectivity index (χ1) is 9.26. The smallest absolute Gasteiger partial charge is 0.233 e. The second-order valence-electron chi connectivity index (χ2n) is 4.41. The van der Waals surface area contributed by atoms with E-state index in [0.717, 1.165) is 17.8 Å². The molecule has 2 N–H and O–H groups in total. The Hall–Kier alpha value is -2.28. The lowest BCUT2D eigenvalue weighted by molar-refractivity contribution is 0.637. The molecular formula is C12H15N7. The largest absolute Gasteiger partial charge is 0.323 e. The van der Waals surface area contributed by atoms with Gasteiger partial charge in [0.05, 0.1) is 30.2 Å². The van der Waals surface area contributed by atoms with Gasteiger partial charge in [-0.1, -0.05) is 12.1 Å². The molecule has 0 spiro atoms. The Labute approximate surface area is 110 Å². The zero-order valence-corrected chi connectivity index (χ0v) is 10.6. The normalized spacial score (nSPS) is 12.9. The number of nitrogens with zero attached hydrogens (tertiary/aromatic N) is 6. The lowest BCUT2D eigenvalue weighted by atomic mass is 10.2. The van der Waals surface area contributed by atoms with Crippen LogP contribution in [-0.4, -0.2) is 29.4 Å². The molecule has 0 amide bonds. The molecule has 0 aliphatic heterocycles. The standard InChI is InChI=1S/C12H15N7/c1-2-10(13)11-8-19(17-16-11)7-9-6-18-5-3-4-14-12(18)15-9/h3-6,8,10H,2,7,13H2,1H3. The molecule has 3 aromatic heterocycles. The summed E-state index contributed by atoms with van der Waals surface area (Å²) < 4.78 is 3.62. The van der Waals surface area contributed by atoms with Gasteiger partial charge in [0, 0.05) is 18.6 Å². The van der Waals surface area contributed by atoms with Crippen molar-refractivity contribution in [3.05, 3.63) is 42.2 Å². The van der Waals surface area contributed by atoms with Crippen LogP contribution in [0.3, 0.4) is 0 Å². The second kappa shape index (κ2) is 4.77. The summed E-state index contributed by atoms with van der Waals surface area (Å²) in [5, 5.41) is 8.14. The molecule has 19 heavy (non-hydrogen) atoms. The third kappa shape index (κ3) is 2.32. The quantitative estimate of drug-likeness (QED) is 0.746. The molecule has 1 atom stereocenters. The summed E-state index contributed by atoms with van der Waals surface area (Å²) in [7, 11) is 0. The van der Waals surface area contributed by atoms with E-state index in [9.17, 15) is 0 Å². The minimum atomic E-state index is -0.0588. The Morgan fingerprint density at radius 1 is 1.37 bits per heavy atom. The van der Waals surface area contributed by atoms with Gasteiger partial charge in [-0.05, 0) is 12.5 Å². The number of fused-ring (bicyclic) bond motifs is 1. The summed E-state index contributed by atoms with van der Waals surface area (Å²) in [6.45, 7) is 2.59. The van der Waals surface area contributed by atoms with E-state index in [2.05, 4.69) is 20.3 Å². The van der Waals surface area contributed by atoms with Crippen LogP contribution >= 0.6 is 0 Å². The van der Waals surface area contributed by atoms with Gasteiger partial charge in [0.15, 0.2) is 0 Å². The molecule has 0 aromatic carbocycles. The molecule has 0 bridgehead atoms. The molecule has 0 radical (unpaired) electrons. The lowest BCUT2D eigenvalue weighted by Gasteiger charge is -2.01. The third-order valence-corrected chi connectivity index (χ3v) is 2.99. The van der Waals surface area contributed by atoms with Gasteiger partial charge in [-0.25, -0.2) is 14.6 Å². The van der Waals surface area contributed by atoms with Gasteiger partial charge in [-0.15, -0.1) is 5.10 Å². The lowest BCUT2D eigenvalue weighted by Crippen LogP contribution is -2.08. The van der Waals surface area contributed by atoms with Crippen LogP contribution in [0.4, 0.5) is 0 Å². The second-order valence-corrected chi connectivity index (χ2v) is 4.41. The topological polar surface area (TPSA) is 86.9 Å². The minimum absolute atomic E-state index is 0.0588. The first-order valence-corrected chi connectivity index (χ1v) is 6.20. The van der Waals surface area contributed by atoms with Gasteiger partial charge in [0.25, 0.3) is 0 Å². The Kier molecular flexibility index (Phi) is 2.96. The van der Waals surface area contributed by atoms with Crippen LogP contribution in [0.25, 0.3) is 5.78 Å². The first kappa shape index (κ1) is 11.8. The van der Waals surface area contributed by atoms with Crippen molar-refractivity contribution < 1.29 is 0 Å². The zero-order valence-electron chi connectivity index (χ0n) is 10.6. The fraction of sp³-hybridized carbons (Fsp3) is 0.333. The molecule has 3 heterocycles. The maximum absolute atomic E-state index is 5.92. The SMILES string of the molecule is CCC(N)c1cn(Cc2cn3cccnc3n2)nn1. The van der Waals surface area contributed by atoms with Crippen molar-refractivity contribution in [2.45, 2.75) is 25.9 Å². The van der Waals surface area contributed by atoms with Crippen LogP contribution in [0.15, 0.2) is 30.9 Å². The molecule has 3 aromatic rings. The van der Waals surface area contributed by atoms with E-state index in [4.69, 9.17) is 5.73 Å². The van der Waals surface area contributed by atoms with E-state index in [1.165, 1.54) is 0 Å². The molecule has 7 heteroatoms. The third-order valence-electron chi connectivity index (χ3n) is 2.99. The Morgan fingerprint density at radius 2 is 2.26 bits per heavy atom. The van der Waals surface area contributed by atoms with Crippen molar-refractivity contribution >= 4 is 5.78 Å². The van der Waals surface area contributed by atoms with Gasteiger partial charge in [-0.2, -0.15) is 0 Å². The van der Waals surface area contributed by atoms with Crippen LogP contribution in [0.5, 0.6) is 0 Å². The van der Waals surface area contributed by atoms with Gasteiger partial charge >= 0.3 is 0 Å². The van der Waals surface area contributed by atoms with Crippen molar-refractivity contribution in [3.8, 4) is 0 Å². The van der Waals surface area contributed by atoms with Crippen molar-refractivity contribution in [2.24, 2.45) is 5.73 Å². The molecule has 0 fully saturated rings. The minimum Gasteiger partial charge on any atom is -0.323 e. The highest BCUT2D eigenvalue weighted by atomic mass is 15.4. The highest BCUT2D eigenvalue weighted by Gasteiger charge is 2.09. The average molecular weight is 257 g/mol. The van der Waals surface area contributed by atoms with E-state index in [-0.39, 0.29) is 6.04 Å².